The predicted molar refractivity (Wildman–Crippen MR) is 113 cm³/mol. The number of nitrogens with zero attached hydrogens (tertiary/aromatic N) is 2. The summed E-state index contributed by atoms with van der Waals surface area (Å²) in [4.78, 5) is 16.8. The quantitative estimate of drug-likeness (QED) is 0.686. The molecule has 1 saturated heterocycles. The van der Waals surface area contributed by atoms with E-state index in [4.69, 9.17) is 32.7 Å². The molecule has 150 valence electrons. The van der Waals surface area contributed by atoms with Crippen LogP contribution < -0.4 is 14.4 Å². The second-order valence-corrected chi connectivity index (χ2v) is 7.41. The van der Waals surface area contributed by atoms with Gasteiger partial charge in [-0.05, 0) is 42.8 Å². The largest absolute Gasteiger partial charge is 0.497 e. The molecule has 28 heavy (non-hydrogen) atoms. The standard InChI is InChI=1S/C21H24Cl2N2O3/c1-27-17-5-3-16(4-6-17)24-10-2-11-25(13-12-24)21(26)9-14-28-18-7-8-19(22)20(23)15-18/h3-8,15H,2,9-14H2,1H3. The van der Waals surface area contributed by atoms with Gasteiger partial charge in [0, 0.05) is 37.9 Å². The first-order valence-corrected chi connectivity index (χ1v) is 10.1. The molecule has 0 N–H and O–H groups in total. The van der Waals surface area contributed by atoms with Gasteiger partial charge in [0.05, 0.1) is 30.2 Å². The number of hydrogen-bond donors (Lipinski definition) is 0. The van der Waals surface area contributed by atoms with Crippen molar-refractivity contribution < 1.29 is 14.3 Å². The van der Waals surface area contributed by atoms with E-state index in [1.54, 1.807) is 25.3 Å². The fourth-order valence-electron chi connectivity index (χ4n) is 3.20. The molecule has 0 unspecified atom stereocenters. The first kappa shape index (κ1) is 20.6. The van der Waals surface area contributed by atoms with Crippen LogP contribution in [0.5, 0.6) is 11.5 Å². The number of halogens is 2. The average Bonchev–Trinajstić information content (AvgIpc) is 2.97. The summed E-state index contributed by atoms with van der Waals surface area (Å²) in [5.74, 6) is 1.57. The van der Waals surface area contributed by atoms with Crippen molar-refractivity contribution in [1.29, 1.82) is 0 Å². The fourth-order valence-corrected chi connectivity index (χ4v) is 3.49. The minimum atomic E-state index is 0.108. The molecule has 1 heterocycles. The van der Waals surface area contributed by atoms with Crippen LogP contribution in [0.15, 0.2) is 42.5 Å². The number of amides is 1. The van der Waals surface area contributed by atoms with E-state index in [1.807, 2.05) is 17.0 Å². The number of rotatable bonds is 6. The van der Waals surface area contributed by atoms with Gasteiger partial charge >= 0.3 is 0 Å². The lowest BCUT2D eigenvalue weighted by Gasteiger charge is -2.24. The van der Waals surface area contributed by atoms with E-state index in [0.717, 1.165) is 37.5 Å². The average molecular weight is 423 g/mol. The number of carbonyl (C=O) groups is 1. The van der Waals surface area contributed by atoms with Crippen molar-refractivity contribution >= 4 is 34.8 Å². The van der Waals surface area contributed by atoms with Crippen LogP contribution in [0.2, 0.25) is 10.0 Å². The molecule has 0 radical (unpaired) electrons. The number of carbonyl (C=O) groups excluding carboxylic acids is 1. The van der Waals surface area contributed by atoms with Crippen molar-refractivity contribution in [3.8, 4) is 11.5 Å². The molecule has 0 atom stereocenters. The Morgan fingerprint density at radius 3 is 2.43 bits per heavy atom. The lowest BCUT2D eigenvalue weighted by atomic mass is 10.2. The van der Waals surface area contributed by atoms with Gasteiger partial charge in [-0.15, -0.1) is 0 Å². The first-order chi connectivity index (χ1) is 13.6. The predicted octanol–water partition coefficient (Wildman–Crippen LogP) is 4.51. The molecule has 1 aliphatic heterocycles. The highest BCUT2D eigenvalue weighted by molar-refractivity contribution is 6.42. The molecule has 3 rings (SSSR count). The van der Waals surface area contributed by atoms with E-state index >= 15 is 0 Å². The molecule has 2 aromatic carbocycles. The van der Waals surface area contributed by atoms with Crippen LogP contribution >= 0.6 is 23.2 Å². The number of methoxy groups -OCH3 is 1. The molecule has 1 aliphatic rings. The Balaban J connectivity index is 1.47. The highest BCUT2D eigenvalue weighted by Gasteiger charge is 2.19. The molecule has 0 bridgehead atoms. The molecule has 0 spiro atoms. The number of anilines is 1. The van der Waals surface area contributed by atoms with E-state index in [-0.39, 0.29) is 5.91 Å². The Morgan fingerprint density at radius 1 is 0.964 bits per heavy atom. The van der Waals surface area contributed by atoms with Gasteiger partial charge in [-0.3, -0.25) is 4.79 Å². The van der Waals surface area contributed by atoms with Crippen molar-refractivity contribution in [2.24, 2.45) is 0 Å². The summed E-state index contributed by atoms with van der Waals surface area (Å²) < 4.78 is 10.8. The first-order valence-electron chi connectivity index (χ1n) is 9.31. The topological polar surface area (TPSA) is 42.0 Å². The Kier molecular flexibility index (Phi) is 7.29. The van der Waals surface area contributed by atoms with Gasteiger partial charge in [0.1, 0.15) is 11.5 Å². The smallest absolute Gasteiger partial charge is 0.226 e. The van der Waals surface area contributed by atoms with Crippen LogP contribution in [-0.2, 0) is 4.79 Å². The van der Waals surface area contributed by atoms with Crippen LogP contribution in [0.25, 0.3) is 0 Å². The van der Waals surface area contributed by atoms with Gasteiger partial charge in [-0.25, -0.2) is 0 Å². The zero-order chi connectivity index (χ0) is 19.9. The lowest BCUT2D eigenvalue weighted by molar-refractivity contribution is -0.131. The van der Waals surface area contributed by atoms with Gasteiger partial charge in [0.25, 0.3) is 0 Å². The van der Waals surface area contributed by atoms with Crippen LogP contribution in [0.1, 0.15) is 12.8 Å². The summed E-state index contributed by atoms with van der Waals surface area (Å²) in [6, 6.07) is 13.1. The third-order valence-corrected chi connectivity index (χ3v) is 5.50. The Bertz CT molecular complexity index is 799. The highest BCUT2D eigenvalue weighted by atomic mass is 35.5. The van der Waals surface area contributed by atoms with Gasteiger partial charge < -0.3 is 19.3 Å². The zero-order valence-electron chi connectivity index (χ0n) is 15.9. The van der Waals surface area contributed by atoms with E-state index in [0.29, 0.717) is 35.4 Å². The van der Waals surface area contributed by atoms with Gasteiger partial charge in [0.15, 0.2) is 0 Å². The molecule has 1 amide bonds. The van der Waals surface area contributed by atoms with Crippen LogP contribution in [0.3, 0.4) is 0 Å². The van der Waals surface area contributed by atoms with Crippen LogP contribution in [0.4, 0.5) is 5.69 Å². The van der Waals surface area contributed by atoms with Crippen LogP contribution in [-0.4, -0.2) is 50.7 Å². The normalized spacial score (nSPS) is 14.5. The summed E-state index contributed by atoms with van der Waals surface area (Å²) in [5, 5.41) is 0.924. The van der Waals surface area contributed by atoms with E-state index in [2.05, 4.69) is 17.0 Å². The summed E-state index contributed by atoms with van der Waals surface area (Å²) in [7, 11) is 1.66. The van der Waals surface area contributed by atoms with Crippen LogP contribution in [0, 0.1) is 0 Å². The van der Waals surface area contributed by atoms with E-state index < -0.39 is 0 Å². The summed E-state index contributed by atoms with van der Waals surface area (Å²) in [6.45, 7) is 3.52. The Morgan fingerprint density at radius 2 is 1.71 bits per heavy atom. The third-order valence-electron chi connectivity index (χ3n) is 4.76. The molecule has 0 aromatic heterocycles. The fraction of sp³-hybridized carbons (Fsp3) is 0.381. The Labute approximate surface area is 175 Å². The maximum atomic E-state index is 12.6. The Hall–Kier alpha value is -2.11. The van der Waals surface area contributed by atoms with E-state index in [1.165, 1.54) is 0 Å². The number of hydrogen-bond acceptors (Lipinski definition) is 4. The second-order valence-electron chi connectivity index (χ2n) is 6.59. The second kappa shape index (κ2) is 9.89. The summed E-state index contributed by atoms with van der Waals surface area (Å²) in [6.07, 6.45) is 1.27. The van der Waals surface area contributed by atoms with Crippen molar-refractivity contribution in [2.45, 2.75) is 12.8 Å². The zero-order valence-corrected chi connectivity index (χ0v) is 17.4. The van der Waals surface area contributed by atoms with Crippen molar-refractivity contribution in [3.05, 3.63) is 52.5 Å². The van der Waals surface area contributed by atoms with Gasteiger partial charge in [-0.2, -0.15) is 0 Å². The van der Waals surface area contributed by atoms with Crippen molar-refractivity contribution in [2.75, 3.05) is 44.8 Å². The molecule has 1 fully saturated rings. The summed E-state index contributed by atoms with van der Waals surface area (Å²) in [5.41, 5.74) is 1.15. The molecule has 0 saturated carbocycles. The van der Waals surface area contributed by atoms with Crippen molar-refractivity contribution in [1.82, 2.24) is 4.90 Å². The summed E-state index contributed by atoms with van der Waals surface area (Å²) >= 11 is 11.9. The maximum absolute atomic E-state index is 12.6. The lowest BCUT2D eigenvalue weighted by Crippen LogP contribution is -2.35. The molecule has 0 aliphatic carbocycles. The highest BCUT2D eigenvalue weighted by Crippen LogP contribution is 2.26. The number of benzene rings is 2. The molecule has 5 nitrogen and oxygen atoms in total. The van der Waals surface area contributed by atoms with E-state index in [9.17, 15) is 4.79 Å². The monoisotopic (exact) mass is 422 g/mol. The molecular formula is C21H24Cl2N2O3. The third kappa shape index (κ3) is 5.46. The molecule has 7 heteroatoms. The van der Waals surface area contributed by atoms with Gasteiger partial charge in [-0.1, -0.05) is 23.2 Å². The molecule has 2 aromatic rings. The molecular weight excluding hydrogens is 399 g/mol. The maximum Gasteiger partial charge on any atom is 0.226 e. The van der Waals surface area contributed by atoms with Crippen molar-refractivity contribution in [3.63, 3.8) is 0 Å². The SMILES string of the molecule is COc1ccc(N2CCCN(C(=O)CCOc3ccc(Cl)c(Cl)c3)CC2)cc1. The minimum absolute atomic E-state index is 0.108. The van der Waals surface area contributed by atoms with Gasteiger partial charge in [0.2, 0.25) is 5.91 Å². The number of ether oxygens (including phenoxy) is 2. The minimum Gasteiger partial charge on any atom is -0.497 e.